The summed E-state index contributed by atoms with van der Waals surface area (Å²) in [6, 6.07) is 1.26. The molecule has 0 radical (unpaired) electrons. The number of aromatic nitrogens is 6. The van der Waals surface area contributed by atoms with Gasteiger partial charge in [-0.1, -0.05) is 0 Å². The minimum atomic E-state index is -0.491. The molecule has 1 N–H and O–H groups in total. The molecule has 0 atom stereocenters. The van der Waals surface area contributed by atoms with Crippen LogP contribution < -0.4 is 11.2 Å². The van der Waals surface area contributed by atoms with E-state index in [9.17, 15) is 9.59 Å². The van der Waals surface area contributed by atoms with E-state index in [1.165, 1.54) is 17.1 Å². The second-order valence-corrected chi connectivity index (χ2v) is 2.90. The highest BCUT2D eigenvalue weighted by atomic mass is 16.2. The number of tetrazole rings is 1. The van der Waals surface area contributed by atoms with E-state index in [4.69, 9.17) is 0 Å². The molecule has 0 amide bonds. The van der Waals surface area contributed by atoms with Crippen molar-refractivity contribution >= 4 is 0 Å². The van der Waals surface area contributed by atoms with Crippen LogP contribution in [-0.2, 0) is 13.6 Å². The number of nitrogens with one attached hydrogen (secondary N) is 1. The normalized spacial score (nSPS) is 10.5. The van der Waals surface area contributed by atoms with E-state index in [1.807, 2.05) is 0 Å². The molecular weight excluding hydrogens is 200 g/mol. The minimum Gasteiger partial charge on any atom is -0.314 e. The van der Waals surface area contributed by atoms with Crippen molar-refractivity contribution in [3.8, 4) is 0 Å². The van der Waals surface area contributed by atoms with Crippen LogP contribution >= 0.6 is 0 Å². The van der Waals surface area contributed by atoms with Crippen LogP contribution in [0.4, 0.5) is 0 Å². The average Bonchev–Trinajstić information content (AvgIpc) is 2.58. The van der Waals surface area contributed by atoms with E-state index >= 15 is 0 Å². The van der Waals surface area contributed by atoms with Crippen LogP contribution in [0.25, 0.3) is 0 Å². The topological polar surface area (TPSA) is 98.5 Å². The summed E-state index contributed by atoms with van der Waals surface area (Å²) in [6.07, 6.45) is 1.30. The van der Waals surface area contributed by atoms with Crippen molar-refractivity contribution < 1.29 is 0 Å². The van der Waals surface area contributed by atoms with Crippen molar-refractivity contribution in [2.45, 2.75) is 6.54 Å². The quantitative estimate of drug-likeness (QED) is 0.622. The van der Waals surface area contributed by atoms with Gasteiger partial charge in [0, 0.05) is 12.3 Å². The molecule has 2 rings (SSSR count). The molecule has 8 nitrogen and oxygen atoms in total. The Hall–Kier alpha value is -2.25. The third-order valence-electron chi connectivity index (χ3n) is 1.79. The Morgan fingerprint density at radius 2 is 2.27 bits per heavy atom. The Labute approximate surface area is 83.2 Å². The summed E-state index contributed by atoms with van der Waals surface area (Å²) in [7, 11) is 1.61. The number of nitrogens with zero attached hydrogens (tertiary/aromatic N) is 5. The van der Waals surface area contributed by atoms with Crippen molar-refractivity contribution in [3.63, 3.8) is 0 Å². The highest BCUT2D eigenvalue weighted by Gasteiger charge is 2.05. The van der Waals surface area contributed by atoms with Gasteiger partial charge >= 0.3 is 5.69 Å². The van der Waals surface area contributed by atoms with E-state index in [2.05, 4.69) is 20.4 Å². The Morgan fingerprint density at radius 1 is 1.47 bits per heavy atom. The Kier molecular flexibility index (Phi) is 2.16. The molecule has 2 aromatic heterocycles. The zero-order chi connectivity index (χ0) is 10.8. The molecule has 8 heteroatoms. The van der Waals surface area contributed by atoms with Gasteiger partial charge in [-0.05, 0) is 5.21 Å². The monoisotopic (exact) mass is 208 g/mol. The average molecular weight is 208 g/mol. The van der Waals surface area contributed by atoms with Gasteiger partial charge in [-0.3, -0.25) is 9.36 Å². The fourth-order valence-corrected chi connectivity index (χ4v) is 1.13. The van der Waals surface area contributed by atoms with E-state index in [0.717, 1.165) is 4.57 Å². The zero-order valence-corrected chi connectivity index (χ0v) is 7.91. The molecule has 0 saturated carbocycles. The Balaban J connectivity index is 2.40. The summed E-state index contributed by atoms with van der Waals surface area (Å²) >= 11 is 0. The largest absolute Gasteiger partial charge is 0.328 e. The second-order valence-electron chi connectivity index (χ2n) is 2.90. The number of aromatic amines is 1. The van der Waals surface area contributed by atoms with Crippen molar-refractivity contribution in [1.29, 1.82) is 0 Å². The highest BCUT2D eigenvalue weighted by Crippen LogP contribution is 1.85. The van der Waals surface area contributed by atoms with Crippen LogP contribution in [0.1, 0.15) is 5.82 Å². The minimum absolute atomic E-state index is 0.0167. The van der Waals surface area contributed by atoms with Crippen molar-refractivity contribution in [2.75, 3.05) is 0 Å². The first-order chi connectivity index (χ1) is 7.16. The predicted octanol–water partition coefficient (Wildman–Crippen LogP) is -1.89. The third-order valence-corrected chi connectivity index (χ3v) is 1.79. The van der Waals surface area contributed by atoms with Gasteiger partial charge in [0.15, 0.2) is 5.82 Å². The Bertz CT molecular complexity index is 551. The van der Waals surface area contributed by atoms with Gasteiger partial charge in [0.1, 0.15) is 0 Å². The number of aryl methyl sites for hydroxylation is 1. The van der Waals surface area contributed by atoms with Crippen molar-refractivity contribution in [1.82, 2.24) is 29.8 Å². The predicted molar refractivity (Wildman–Crippen MR) is 49.2 cm³/mol. The lowest BCUT2D eigenvalue weighted by Crippen LogP contribution is -2.34. The molecule has 0 bridgehead atoms. The van der Waals surface area contributed by atoms with Crippen LogP contribution in [-0.4, -0.2) is 29.8 Å². The molecule has 0 saturated heterocycles. The molecular formula is C7H8N6O2. The van der Waals surface area contributed by atoms with Crippen LogP contribution in [0.3, 0.4) is 0 Å². The first kappa shape index (κ1) is 9.31. The fraction of sp³-hybridized carbons (Fsp3) is 0.286. The van der Waals surface area contributed by atoms with E-state index in [-0.39, 0.29) is 6.54 Å². The molecule has 0 aliphatic heterocycles. The van der Waals surface area contributed by atoms with Crippen LogP contribution in [0.2, 0.25) is 0 Å². The van der Waals surface area contributed by atoms with Gasteiger partial charge < -0.3 is 4.98 Å². The molecule has 0 aliphatic carbocycles. The SMILES string of the molecule is Cn1nnc(Cn2c(=O)cc[nH]c2=O)n1. The van der Waals surface area contributed by atoms with Gasteiger partial charge in [-0.25, -0.2) is 4.79 Å². The second kappa shape index (κ2) is 3.48. The van der Waals surface area contributed by atoms with E-state index < -0.39 is 11.2 Å². The van der Waals surface area contributed by atoms with E-state index in [1.54, 1.807) is 7.05 Å². The van der Waals surface area contributed by atoms with Crippen molar-refractivity contribution in [2.24, 2.45) is 7.05 Å². The number of hydrogen-bond donors (Lipinski definition) is 1. The molecule has 15 heavy (non-hydrogen) atoms. The molecule has 0 fully saturated rings. The number of H-pyrrole nitrogens is 1. The molecule has 0 unspecified atom stereocenters. The smallest absolute Gasteiger partial charge is 0.314 e. The van der Waals surface area contributed by atoms with Crippen LogP contribution in [0.15, 0.2) is 21.9 Å². The molecule has 0 aromatic carbocycles. The van der Waals surface area contributed by atoms with Crippen molar-refractivity contribution in [3.05, 3.63) is 38.9 Å². The Morgan fingerprint density at radius 3 is 2.87 bits per heavy atom. The highest BCUT2D eigenvalue weighted by molar-refractivity contribution is 4.87. The lowest BCUT2D eigenvalue weighted by molar-refractivity contribution is 0.620. The standard InChI is InChI=1S/C7H8N6O2/c1-12-10-5(9-11-12)4-13-6(14)2-3-8-7(13)15/h2-3H,4H2,1H3,(H,8,15). The maximum atomic E-state index is 11.3. The summed E-state index contributed by atoms with van der Waals surface area (Å²) < 4.78 is 0.997. The van der Waals surface area contributed by atoms with Gasteiger partial charge in [0.2, 0.25) is 0 Å². The lowest BCUT2D eigenvalue weighted by atomic mass is 10.5. The van der Waals surface area contributed by atoms with E-state index in [0.29, 0.717) is 5.82 Å². The third kappa shape index (κ3) is 1.82. The fourth-order valence-electron chi connectivity index (χ4n) is 1.13. The summed E-state index contributed by atoms with van der Waals surface area (Å²) in [5, 5.41) is 11.2. The van der Waals surface area contributed by atoms with Gasteiger partial charge in [-0.15, -0.1) is 10.2 Å². The van der Waals surface area contributed by atoms with Gasteiger partial charge in [0.05, 0.1) is 13.6 Å². The molecule has 78 valence electrons. The molecule has 0 aliphatic rings. The lowest BCUT2D eigenvalue weighted by Gasteiger charge is -1.97. The van der Waals surface area contributed by atoms with Crippen LogP contribution in [0.5, 0.6) is 0 Å². The molecule has 0 spiro atoms. The summed E-state index contributed by atoms with van der Waals surface area (Å²) in [5.41, 5.74) is -0.888. The summed E-state index contributed by atoms with van der Waals surface area (Å²) in [5.74, 6) is 0.316. The summed E-state index contributed by atoms with van der Waals surface area (Å²) in [6.45, 7) is 0.0167. The first-order valence-electron chi connectivity index (χ1n) is 4.18. The summed E-state index contributed by atoms with van der Waals surface area (Å²) in [4.78, 5) is 26.2. The van der Waals surface area contributed by atoms with Crippen LogP contribution in [0, 0.1) is 0 Å². The first-order valence-corrected chi connectivity index (χ1v) is 4.18. The number of rotatable bonds is 2. The zero-order valence-electron chi connectivity index (χ0n) is 7.91. The maximum Gasteiger partial charge on any atom is 0.328 e. The number of hydrogen-bond acceptors (Lipinski definition) is 5. The van der Waals surface area contributed by atoms with Gasteiger partial charge in [0.25, 0.3) is 5.56 Å². The molecule has 2 aromatic rings. The van der Waals surface area contributed by atoms with Gasteiger partial charge in [-0.2, -0.15) is 4.80 Å². The molecule has 2 heterocycles. The maximum absolute atomic E-state index is 11.3.